The van der Waals surface area contributed by atoms with Crippen LogP contribution < -0.4 is 19.2 Å². The fourth-order valence-electron chi connectivity index (χ4n) is 2.46. The van der Waals surface area contributed by atoms with Gasteiger partial charge in [-0.2, -0.15) is 5.10 Å². The van der Waals surface area contributed by atoms with Crippen molar-refractivity contribution in [3.05, 3.63) is 53.6 Å². The van der Waals surface area contributed by atoms with Crippen molar-refractivity contribution in [3.8, 4) is 11.5 Å². The molecule has 1 N–H and O–H groups in total. The monoisotopic (exact) mass is 405 g/mol. The lowest BCUT2D eigenvalue weighted by molar-refractivity contribution is -0.119. The van der Waals surface area contributed by atoms with Crippen LogP contribution in [0.4, 0.5) is 5.69 Å². The summed E-state index contributed by atoms with van der Waals surface area (Å²) in [6.45, 7) is 1.45. The molecule has 0 unspecified atom stereocenters. The minimum atomic E-state index is -3.64. The Morgan fingerprint density at radius 2 is 1.93 bits per heavy atom. The molecular weight excluding hydrogens is 382 g/mol. The number of amides is 1. The van der Waals surface area contributed by atoms with E-state index in [1.807, 2.05) is 13.0 Å². The quantitative estimate of drug-likeness (QED) is 0.535. The maximum atomic E-state index is 12.2. The summed E-state index contributed by atoms with van der Waals surface area (Å²) >= 11 is 0. The van der Waals surface area contributed by atoms with Crippen LogP contribution in [0.5, 0.6) is 11.5 Å². The molecule has 28 heavy (non-hydrogen) atoms. The highest BCUT2D eigenvalue weighted by Crippen LogP contribution is 2.22. The zero-order chi connectivity index (χ0) is 20.7. The minimum Gasteiger partial charge on any atom is -0.497 e. The fourth-order valence-corrected chi connectivity index (χ4v) is 3.31. The minimum absolute atomic E-state index is 0.394. The van der Waals surface area contributed by atoms with Gasteiger partial charge < -0.3 is 9.47 Å². The number of hydrogen-bond acceptors (Lipinski definition) is 6. The standard InChI is InChI=1S/C19H23N3O5S/c1-14-6-5-7-16(10-14)22(28(4,24)25)13-19(23)21-20-12-15-11-17(26-2)8-9-18(15)27-3/h5-12H,13H2,1-4H3,(H,21,23)/b20-12-. The number of benzene rings is 2. The molecule has 9 heteroatoms. The molecule has 0 radical (unpaired) electrons. The topological polar surface area (TPSA) is 97.3 Å². The Morgan fingerprint density at radius 3 is 2.54 bits per heavy atom. The predicted octanol–water partition coefficient (Wildman–Crippen LogP) is 1.93. The van der Waals surface area contributed by atoms with Gasteiger partial charge in [-0.05, 0) is 42.8 Å². The van der Waals surface area contributed by atoms with Crippen LogP contribution in [0.25, 0.3) is 0 Å². The number of hydrazone groups is 1. The summed E-state index contributed by atoms with van der Waals surface area (Å²) in [5, 5.41) is 3.89. The predicted molar refractivity (Wildman–Crippen MR) is 109 cm³/mol. The zero-order valence-corrected chi connectivity index (χ0v) is 17.0. The smallest absolute Gasteiger partial charge is 0.260 e. The first-order valence-corrected chi connectivity index (χ1v) is 10.2. The third kappa shape index (κ3) is 5.71. The lowest BCUT2D eigenvalue weighted by atomic mass is 10.2. The second kappa shape index (κ2) is 9.23. The molecule has 0 aliphatic heterocycles. The third-order valence-electron chi connectivity index (χ3n) is 3.81. The van der Waals surface area contributed by atoms with Crippen molar-refractivity contribution < 1.29 is 22.7 Å². The molecule has 2 rings (SSSR count). The summed E-state index contributed by atoms with van der Waals surface area (Å²) in [6.07, 6.45) is 2.45. The van der Waals surface area contributed by atoms with Crippen molar-refractivity contribution in [2.24, 2.45) is 5.10 Å². The molecule has 0 fully saturated rings. The molecule has 0 aliphatic carbocycles. The first-order valence-electron chi connectivity index (χ1n) is 8.33. The van der Waals surface area contributed by atoms with Gasteiger partial charge in [-0.1, -0.05) is 12.1 Å². The summed E-state index contributed by atoms with van der Waals surface area (Å²) in [4.78, 5) is 12.2. The van der Waals surface area contributed by atoms with Crippen LogP contribution in [-0.4, -0.2) is 47.6 Å². The number of hydrogen-bond donors (Lipinski definition) is 1. The van der Waals surface area contributed by atoms with Crippen LogP contribution in [0.3, 0.4) is 0 Å². The first-order chi connectivity index (χ1) is 13.2. The van der Waals surface area contributed by atoms with Gasteiger partial charge in [0, 0.05) is 5.56 Å². The molecule has 2 aromatic rings. The van der Waals surface area contributed by atoms with Crippen molar-refractivity contribution in [3.63, 3.8) is 0 Å². The van der Waals surface area contributed by atoms with E-state index in [9.17, 15) is 13.2 Å². The number of ether oxygens (including phenoxy) is 2. The number of nitrogens with zero attached hydrogens (tertiary/aromatic N) is 2. The number of carbonyl (C=O) groups is 1. The lowest BCUT2D eigenvalue weighted by Crippen LogP contribution is -2.39. The van der Waals surface area contributed by atoms with Crippen LogP contribution in [-0.2, 0) is 14.8 Å². The van der Waals surface area contributed by atoms with Crippen molar-refractivity contribution in [2.75, 3.05) is 31.3 Å². The van der Waals surface area contributed by atoms with Crippen LogP contribution >= 0.6 is 0 Å². The van der Waals surface area contributed by atoms with E-state index in [0.717, 1.165) is 16.1 Å². The van der Waals surface area contributed by atoms with E-state index >= 15 is 0 Å². The van der Waals surface area contributed by atoms with E-state index in [1.165, 1.54) is 20.4 Å². The van der Waals surface area contributed by atoms with E-state index in [0.29, 0.717) is 22.7 Å². The van der Waals surface area contributed by atoms with Gasteiger partial charge in [0.15, 0.2) is 0 Å². The number of anilines is 1. The van der Waals surface area contributed by atoms with Gasteiger partial charge in [-0.3, -0.25) is 9.10 Å². The van der Waals surface area contributed by atoms with Gasteiger partial charge in [0.25, 0.3) is 5.91 Å². The van der Waals surface area contributed by atoms with Crippen LogP contribution in [0.1, 0.15) is 11.1 Å². The van der Waals surface area contributed by atoms with Crippen LogP contribution in [0, 0.1) is 6.92 Å². The van der Waals surface area contributed by atoms with Crippen molar-refractivity contribution in [1.82, 2.24) is 5.43 Å². The van der Waals surface area contributed by atoms with Gasteiger partial charge in [-0.15, -0.1) is 0 Å². The Balaban J connectivity index is 2.13. The second-order valence-electron chi connectivity index (χ2n) is 6.01. The van der Waals surface area contributed by atoms with Crippen LogP contribution in [0.15, 0.2) is 47.6 Å². The number of rotatable bonds is 8. The molecular formula is C19H23N3O5S. The average molecular weight is 405 g/mol. The molecule has 0 heterocycles. The number of methoxy groups -OCH3 is 2. The third-order valence-corrected chi connectivity index (χ3v) is 4.95. The highest BCUT2D eigenvalue weighted by Gasteiger charge is 2.20. The Morgan fingerprint density at radius 1 is 1.18 bits per heavy atom. The summed E-state index contributed by atoms with van der Waals surface area (Å²) < 4.78 is 35.6. The number of carbonyl (C=O) groups excluding carboxylic acids is 1. The summed E-state index contributed by atoms with van der Waals surface area (Å²) in [5.74, 6) is 0.581. The maximum absolute atomic E-state index is 12.2. The molecule has 0 aromatic heterocycles. The number of nitrogens with one attached hydrogen (secondary N) is 1. The summed E-state index contributed by atoms with van der Waals surface area (Å²) in [7, 11) is -0.588. The Bertz CT molecular complexity index is 973. The van der Waals surface area contributed by atoms with Gasteiger partial charge in [0.2, 0.25) is 10.0 Å². The van der Waals surface area contributed by atoms with E-state index in [-0.39, 0.29) is 0 Å². The second-order valence-corrected chi connectivity index (χ2v) is 7.92. The Kier molecular flexibility index (Phi) is 7.00. The number of sulfonamides is 1. The fraction of sp³-hybridized carbons (Fsp3) is 0.263. The molecule has 150 valence electrons. The SMILES string of the molecule is COc1ccc(OC)c(/C=N\NC(=O)CN(c2cccc(C)c2)S(C)(=O)=O)c1. The Hall–Kier alpha value is -3.07. The van der Waals surface area contributed by atoms with Crippen molar-refractivity contribution in [2.45, 2.75) is 6.92 Å². The van der Waals surface area contributed by atoms with E-state index in [4.69, 9.17) is 9.47 Å². The van der Waals surface area contributed by atoms with Gasteiger partial charge in [0.1, 0.15) is 18.0 Å². The highest BCUT2D eigenvalue weighted by atomic mass is 32.2. The van der Waals surface area contributed by atoms with E-state index in [1.54, 1.807) is 36.4 Å². The zero-order valence-electron chi connectivity index (χ0n) is 16.2. The molecule has 1 amide bonds. The highest BCUT2D eigenvalue weighted by molar-refractivity contribution is 7.92. The molecule has 0 spiro atoms. The molecule has 0 aliphatic rings. The van der Waals surface area contributed by atoms with Crippen molar-refractivity contribution in [1.29, 1.82) is 0 Å². The van der Waals surface area contributed by atoms with Crippen LogP contribution in [0.2, 0.25) is 0 Å². The molecule has 8 nitrogen and oxygen atoms in total. The average Bonchev–Trinajstić information content (AvgIpc) is 2.65. The Labute approximate surface area is 164 Å². The maximum Gasteiger partial charge on any atom is 0.260 e. The molecule has 0 bridgehead atoms. The number of aryl methyl sites for hydroxylation is 1. The normalized spacial score (nSPS) is 11.3. The molecule has 0 saturated carbocycles. The van der Waals surface area contributed by atoms with Gasteiger partial charge in [0.05, 0.1) is 32.4 Å². The molecule has 0 saturated heterocycles. The summed E-state index contributed by atoms with van der Waals surface area (Å²) in [5.41, 5.74) is 4.23. The lowest BCUT2D eigenvalue weighted by Gasteiger charge is -2.21. The van der Waals surface area contributed by atoms with E-state index < -0.39 is 22.5 Å². The van der Waals surface area contributed by atoms with Gasteiger partial charge in [-0.25, -0.2) is 13.8 Å². The molecule has 0 atom stereocenters. The summed E-state index contributed by atoms with van der Waals surface area (Å²) in [6, 6.07) is 12.0. The first kappa shape index (κ1) is 21.2. The van der Waals surface area contributed by atoms with E-state index in [2.05, 4.69) is 10.5 Å². The molecule has 2 aromatic carbocycles. The van der Waals surface area contributed by atoms with Gasteiger partial charge >= 0.3 is 0 Å². The largest absolute Gasteiger partial charge is 0.497 e. The van der Waals surface area contributed by atoms with Crippen molar-refractivity contribution >= 4 is 27.8 Å².